The predicted octanol–water partition coefficient (Wildman–Crippen LogP) is 2.80. The highest BCUT2D eigenvalue weighted by Crippen LogP contribution is 2.12. The number of rotatable bonds is 9. The Morgan fingerprint density at radius 2 is 1.76 bits per heavy atom. The van der Waals surface area contributed by atoms with E-state index in [1.807, 2.05) is 7.05 Å². The molecule has 3 heteroatoms. The molecule has 17 heavy (non-hydrogen) atoms. The van der Waals surface area contributed by atoms with Gasteiger partial charge in [-0.1, -0.05) is 33.1 Å². The van der Waals surface area contributed by atoms with Crippen molar-refractivity contribution in [3.05, 3.63) is 0 Å². The van der Waals surface area contributed by atoms with E-state index in [9.17, 15) is 4.79 Å². The Labute approximate surface area is 107 Å². The molecule has 0 saturated heterocycles. The van der Waals surface area contributed by atoms with Gasteiger partial charge in [0.15, 0.2) is 0 Å². The molecule has 102 valence electrons. The van der Waals surface area contributed by atoms with Gasteiger partial charge >= 0.3 is 0 Å². The first-order valence-corrected chi connectivity index (χ1v) is 6.91. The lowest BCUT2D eigenvalue weighted by Crippen LogP contribution is -2.47. The number of carbonyl (C=O) groups is 1. The molecule has 0 aliphatic heterocycles. The molecular weight excluding hydrogens is 212 g/mol. The first-order chi connectivity index (χ1) is 7.91. The average molecular weight is 242 g/mol. The molecule has 1 amide bonds. The van der Waals surface area contributed by atoms with Crippen LogP contribution >= 0.6 is 0 Å². The second kappa shape index (κ2) is 8.51. The topological polar surface area (TPSA) is 32.3 Å². The summed E-state index contributed by atoms with van der Waals surface area (Å²) in [6, 6.07) is 0. The van der Waals surface area contributed by atoms with Crippen molar-refractivity contribution in [2.45, 2.75) is 65.3 Å². The van der Waals surface area contributed by atoms with Crippen molar-refractivity contribution >= 4 is 5.91 Å². The number of nitrogens with zero attached hydrogens (tertiary/aromatic N) is 1. The highest BCUT2D eigenvalue weighted by Gasteiger charge is 2.19. The highest BCUT2D eigenvalue weighted by molar-refractivity contribution is 5.78. The van der Waals surface area contributed by atoms with Crippen LogP contribution in [-0.2, 0) is 4.79 Å². The van der Waals surface area contributed by atoms with Crippen LogP contribution < -0.4 is 5.32 Å². The normalized spacial score (nSPS) is 11.9. The van der Waals surface area contributed by atoms with Crippen LogP contribution in [0.3, 0.4) is 0 Å². The van der Waals surface area contributed by atoms with Crippen LogP contribution in [0.4, 0.5) is 0 Å². The Hall–Kier alpha value is -0.570. The Balaban J connectivity index is 3.90. The Bertz CT molecular complexity index is 214. The SMILES string of the molecule is CCCCN(C)CC(=O)NC(C)(C)CCCC. The van der Waals surface area contributed by atoms with Gasteiger partial charge in [-0.05, 0) is 40.3 Å². The monoisotopic (exact) mass is 242 g/mol. The molecule has 0 bridgehead atoms. The van der Waals surface area contributed by atoms with Crippen molar-refractivity contribution in [3.63, 3.8) is 0 Å². The van der Waals surface area contributed by atoms with E-state index in [1.165, 1.54) is 19.3 Å². The number of unbranched alkanes of at least 4 members (excludes halogenated alkanes) is 2. The second-order valence-corrected chi connectivity index (χ2v) is 5.63. The third-order valence-corrected chi connectivity index (χ3v) is 2.94. The van der Waals surface area contributed by atoms with Gasteiger partial charge in [0.05, 0.1) is 6.54 Å². The molecule has 0 aliphatic rings. The van der Waals surface area contributed by atoms with E-state index in [-0.39, 0.29) is 11.4 Å². The van der Waals surface area contributed by atoms with E-state index in [1.54, 1.807) is 0 Å². The third-order valence-electron chi connectivity index (χ3n) is 2.94. The molecule has 0 atom stereocenters. The molecule has 0 saturated carbocycles. The summed E-state index contributed by atoms with van der Waals surface area (Å²) in [6.07, 6.45) is 5.72. The van der Waals surface area contributed by atoms with Gasteiger partial charge < -0.3 is 5.32 Å². The Morgan fingerprint density at radius 1 is 1.18 bits per heavy atom. The number of amides is 1. The van der Waals surface area contributed by atoms with E-state index < -0.39 is 0 Å². The number of hydrogen-bond donors (Lipinski definition) is 1. The van der Waals surface area contributed by atoms with Crippen LogP contribution in [0, 0.1) is 0 Å². The average Bonchev–Trinajstić information content (AvgIpc) is 2.22. The van der Waals surface area contributed by atoms with Gasteiger partial charge in [-0.15, -0.1) is 0 Å². The molecule has 0 aromatic rings. The summed E-state index contributed by atoms with van der Waals surface area (Å²) in [5, 5.41) is 3.12. The minimum absolute atomic E-state index is 0.0707. The minimum atomic E-state index is -0.0707. The lowest BCUT2D eigenvalue weighted by atomic mass is 9.97. The van der Waals surface area contributed by atoms with Crippen molar-refractivity contribution in [2.75, 3.05) is 20.1 Å². The maximum atomic E-state index is 11.8. The smallest absolute Gasteiger partial charge is 0.234 e. The minimum Gasteiger partial charge on any atom is -0.350 e. The van der Waals surface area contributed by atoms with Gasteiger partial charge in [0, 0.05) is 5.54 Å². The zero-order chi connectivity index (χ0) is 13.3. The van der Waals surface area contributed by atoms with Gasteiger partial charge in [0.1, 0.15) is 0 Å². The lowest BCUT2D eigenvalue weighted by Gasteiger charge is -2.27. The molecule has 0 heterocycles. The maximum absolute atomic E-state index is 11.8. The van der Waals surface area contributed by atoms with Gasteiger partial charge in [-0.2, -0.15) is 0 Å². The third kappa shape index (κ3) is 9.16. The number of hydrogen-bond acceptors (Lipinski definition) is 2. The Morgan fingerprint density at radius 3 is 2.29 bits per heavy atom. The van der Waals surface area contributed by atoms with E-state index in [0.29, 0.717) is 6.54 Å². The zero-order valence-corrected chi connectivity index (χ0v) is 12.3. The summed E-state index contributed by atoms with van der Waals surface area (Å²) in [5.41, 5.74) is -0.0707. The molecule has 0 unspecified atom stereocenters. The fourth-order valence-electron chi connectivity index (χ4n) is 1.85. The first kappa shape index (κ1) is 16.4. The van der Waals surface area contributed by atoms with E-state index >= 15 is 0 Å². The number of carbonyl (C=O) groups excluding carboxylic acids is 1. The van der Waals surface area contributed by atoms with Crippen molar-refractivity contribution < 1.29 is 4.79 Å². The van der Waals surface area contributed by atoms with Crippen LogP contribution in [0.1, 0.15) is 59.8 Å². The van der Waals surface area contributed by atoms with E-state index in [2.05, 4.69) is 37.9 Å². The first-order valence-electron chi connectivity index (χ1n) is 6.91. The molecule has 0 spiro atoms. The fourth-order valence-corrected chi connectivity index (χ4v) is 1.85. The van der Waals surface area contributed by atoms with Crippen LogP contribution in [0.25, 0.3) is 0 Å². The van der Waals surface area contributed by atoms with Gasteiger partial charge in [0.2, 0.25) is 5.91 Å². The number of likely N-dealkylation sites (N-methyl/N-ethyl adjacent to an activating group) is 1. The summed E-state index contributed by atoms with van der Waals surface area (Å²) in [4.78, 5) is 13.9. The van der Waals surface area contributed by atoms with Crippen molar-refractivity contribution in [3.8, 4) is 0 Å². The summed E-state index contributed by atoms with van der Waals surface area (Å²) in [6.45, 7) is 10.1. The fraction of sp³-hybridized carbons (Fsp3) is 0.929. The molecule has 0 aromatic carbocycles. The second-order valence-electron chi connectivity index (χ2n) is 5.63. The van der Waals surface area contributed by atoms with Gasteiger partial charge in [-0.3, -0.25) is 9.69 Å². The van der Waals surface area contributed by atoms with Crippen LogP contribution in [-0.4, -0.2) is 36.5 Å². The van der Waals surface area contributed by atoms with Crippen molar-refractivity contribution in [2.24, 2.45) is 0 Å². The van der Waals surface area contributed by atoms with Crippen LogP contribution in [0.2, 0.25) is 0 Å². The van der Waals surface area contributed by atoms with E-state index in [0.717, 1.165) is 19.4 Å². The largest absolute Gasteiger partial charge is 0.350 e. The van der Waals surface area contributed by atoms with Crippen LogP contribution in [0.15, 0.2) is 0 Å². The maximum Gasteiger partial charge on any atom is 0.234 e. The predicted molar refractivity (Wildman–Crippen MR) is 74.2 cm³/mol. The lowest BCUT2D eigenvalue weighted by molar-refractivity contribution is -0.123. The molecular formula is C14H30N2O. The summed E-state index contributed by atoms with van der Waals surface area (Å²) in [7, 11) is 2.01. The molecule has 0 radical (unpaired) electrons. The van der Waals surface area contributed by atoms with Crippen molar-refractivity contribution in [1.82, 2.24) is 10.2 Å². The Kier molecular flexibility index (Phi) is 8.23. The summed E-state index contributed by atoms with van der Waals surface area (Å²) >= 11 is 0. The molecule has 0 aromatic heterocycles. The van der Waals surface area contributed by atoms with Crippen molar-refractivity contribution in [1.29, 1.82) is 0 Å². The summed E-state index contributed by atoms with van der Waals surface area (Å²) < 4.78 is 0. The standard InChI is InChI=1S/C14H30N2O/c1-6-8-10-14(3,4)15-13(17)12-16(5)11-9-7-2/h6-12H2,1-5H3,(H,15,17). The molecule has 0 rings (SSSR count). The molecule has 3 nitrogen and oxygen atoms in total. The molecule has 0 aliphatic carbocycles. The highest BCUT2D eigenvalue weighted by atomic mass is 16.2. The zero-order valence-electron chi connectivity index (χ0n) is 12.3. The molecule has 1 N–H and O–H groups in total. The summed E-state index contributed by atoms with van der Waals surface area (Å²) in [5.74, 6) is 0.143. The van der Waals surface area contributed by atoms with E-state index in [4.69, 9.17) is 0 Å². The van der Waals surface area contributed by atoms with Crippen LogP contribution in [0.5, 0.6) is 0 Å². The molecule has 0 fully saturated rings. The quantitative estimate of drug-likeness (QED) is 0.674. The van der Waals surface area contributed by atoms with Gasteiger partial charge in [0.25, 0.3) is 0 Å². The number of nitrogens with one attached hydrogen (secondary N) is 1. The van der Waals surface area contributed by atoms with Gasteiger partial charge in [-0.25, -0.2) is 0 Å².